The summed E-state index contributed by atoms with van der Waals surface area (Å²) in [6.45, 7) is 4.05. The number of benzene rings is 1. The van der Waals surface area contributed by atoms with Crippen LogP contribution in [0.5, 0.6) is 0 Å². The maximum atomic E-state index is 11.9. The van der Waals surface area contributed by atoms with E-state index in [2.05, 4.69) is 11.6 Å². The van der Waals surface area contributed by atoms with Gasteiger partial charge in [-0.25, -0.2) is 0 Å². The van der Waals surface area contributed by atoms with Gasteiger partial charge in [0.1, 0.15) is 0 Å². The Morgan fingerprint density at radius 1 is 1.37 bits per heavy atom. The van der Waals surface area contributed by atoms with Crippen molar-refractivity contribution in [2.75, 3.05) is 12.8 Å². The molecule has 0 saturated heterocycles. The van der Waals surface area contributed by atoms with E-state index >= 15 is 0 Å². The highest BCUT2D eigenvalue weighted by molar-refractivity contribution is 7.97. The van der Waals surface area contributed by atoms with Crippen molar-refractivity contribution in [2.24, 2.45) is 0 Å². The van der Waals surface area contributed by atoms with Crippen molar-refractivity contribution in [2.45, 2.75) is 38.0 Å². The molecule has 1 amide bonds. The molecule has 2 N–H and O–H groups in total. The van der Waals surface area contributed by atoms with Crippen molar-refractivity contribution < 1.29 is 9.90 Å². The Morgan fingerprint density at radius 2 is 2.00 bits per heavy atom. The Kier molecular flexibility index (Phi) is 6.38. The number of aliphatic hydroxyl groups is 1. The lowest BCUT2D eigenvalue weighted by Gasteiger charge is -2.22. The zero-order valence-corrected chi connectivity index (χ0v) is 12.7. The lowest BCUT2D eigenvalue weighted by atomic mass is 10.0. The van der Waals surface area contributed by atoms with E-state index in [0.717, 1.165) is 12.2 Å². The fourth-order valence-electron chi connectivity index (χ4n) is 1.92. The van der Waals surface area contributed by atoms with Gasteiger partial charge in [-0.05, 0) is 37.3 Å². The summed E-state index contributed by atoms with van der Waals surface area (Å²) in [5.74, 6) is 0.819. The highest BCUT2D eigenvalue weighted by Gasteiger charge is 2.20. The fraction of sp³-hybridized carbons (Fsp3) is 0.533. The normalized spacial score (nSPS) is 13.9. The minimum Gasteiger partial charge on any atom is -0.388 e. The largest absolute Gasteiger partial charge is 0.388 e. The van der Waals surface area contributed by atoms with Crippen LogP contribution < -0.4 is 5.32 Å². The summed E-state index contributed by atoms with van der Waals surface area (Å²) in [4.78, 5) is 11.9. The molecule has 1 aromatic rings. The molecule has 0 aliphatic carbocycles. The lowest BCUT2D eigenvalue weighted by molar-refractivity contribution is 0.0469. The predicted octanol–water partition coefficient (Wildman–Crippen LogP) is 2.83. The van der Waals surface area contributed by atoms with E-state index < -0.39 is 5.60 Å². The van der Waals surface area contributed by atoms with Crippen LogP contribution in [0.15, 0.2) is 24.3 Å². The summed E-state index contributed by atoms with van der Waals surface area (Å²) in [5, 5.41) is 12.8. The second-order valence-electron chi connectivity index (χ2n) is 5.06. The SMILES string of the molecule is CCCC(C)(O)CNC(=O)c1ccc(CSC)cc1. The monoisotopic (exact) mass is 281 g/mol. The summed E-state index contributed by atoms with van der Waals surface area (Å²) in [7, 11) is 0. The van der Waals surface area contributed by atoms with Crippen molar-refractivity contribution in [3.63, 3.8) is 0 Å². The number of amides is 1. The van der Waals surface area contributed by atoms with Gasteiger partial charge in [0.2, 0.25) is 0 Å². The van der Waals surface area contributed by atoms with Crippen LogP contribution >= 0.6 is 11.8 Å². The van der Waals surface area contributed by atoms with Crippen molar-refractivity contribution in [1.29, 1.82) is 0 Å². The summed E-state index contributed by atoms with van der Waals surface area (Å²) in [6, 6.07) is 7.59. The molecule has 1 aromatic carbocycles. The van der Waals surface area contributed by atoms with Crippen LogP contribution in [0, 0.1) is 0 Å². The summed E-state index contributed by atoms with van der Waals surface area (Å²) in [6.07, 6.45) is 3.63. The standard InChI is InChI=1S/C15H23NO2S/c1-4-9-15(2,18)11-16-14(17)13-7-5-12(6-8-13)10-19-3/h5-8,18H,4,9-11H2,1-3H3,(H,16,17). The first kappa shape index (κ1) is 16.1. The van der Waals surface area contributed by atoms with Gasteiger partial charge in [0.25, 0.3) is 5.91 Å². The van der Waals surface area contributed by atoms with Crippen LogP contribution in [0.3, 0.4) is 0 Å². The molecule has 4 heteroatoms. The Balaban J connectivity index is 2.53. The second-order valence-corrected chi connectivity index (χ2v) is 5.93. The molecule has 106 valence electrons. The Bertz CT molecular complexity index is 401. The van der Waals surface area contributed by atoms with Gasteiger partial charge in [0, 0.05) is 17.9 Å². The molecule has 0 heterocycles. The lowest BCUT2D eigenvalue weighted by Crippen LogP contribution is -2.40. The van der Waals surface area contributed by atoms with Crippen molar-refractivity contribution in [1.82, 2.24) is 5.32 Å². The van der Waals surface area contributed by atoms with E-state index in [1.54, 1.807) is 18.7 Å². The molecule has 1 unspecified atom stereocenters. The molecule has 0 bridgehead atoms. The minimum atomic E-state index is -0.830. The molecule has 0 radical (unpaired) electrons. The quantitative estimate of drug-likeness (QED) is 0.808. The molecular formula is C15H23NO2S. The molecule has 1 atom stereocenters. The zero-order valence-electron chi connectivity index (χ0n) is 11.9. The third-order valence-electron chi connectivity index (χ3n) is 2.95. The zero-order chi connectivity index (χ0) is 14.3. The number of carbonyl (C=O) groups is 1. The first-order chi connectivity index (χ1) is 8.98. The van der Waals surface area contributed by atoms with E-state index in [1.807, 2.05) is 31.2 Å². The first-order valence-electron chi connectivity index (χ1n) is 6.57. The van der Waals surface area contributed by atoms with Gasteiger partial charge in [0.05, 0.1) is 5.60 Å². The summed E-state index contributed by atoms with van der Waals surface area (Å²) in [5.41, 5.74) is 1.02. The Labute approximate surface area is 119 Å². The van der Waals surface area contributed by atoms with Crippen molar-refractivity contribution in [3.8, 4) is 0 Å². The van der Waals surface area contributed by atoms with Gasteiger partial charge in [-0.2, -0.15) is 11.8 Å². The van der Waals surface area contributed by atoms with Gasteiger partial charge >= 0.3 is 0 Å². The number of carbonyl (C=O) groups excluding carboxylic acids is 1. The molecular weight excluding hydrogens is 258 g/mol. The van der Waals surface area contributed by atoms with Crippen LogP contribution in [-0.4, -0.2) is 29.4 Å². The molecule has 0 fully saturated rings. The summed E-state index contributed by atoms with van der Waals surface area (Å²) < 4.78 is 0. The van der Waals surface area contributed by atoms with E-state index in [-0.39, 0.29) is 12.5 Å². The third kappa shape index (κ3) is 5.66. The number of hydrogen-bond acceptors (Lipinski definition) is 3. The Morgan fingerprint density at radius 3 is 2.53 bits per heavy atom. The predicted molar refractivity (Wildman–Crippen MR) is 81.5 cm³/mol. The molecule has 0 aliphatic rings. The maximum absolute atomic E-state index is 11.9. The topological polar surface area (TPSA) is 49.3 Å². The average molecular weight is 281 g/mol. The van der Waals surface area contributed by atoms with Gasteiger partial charge in [-0.1, -0.05) is 25.5 Å². The summed E-state index contributed by atoms with van der Waals surface area (Å²) >= 11 is 1.75. The van der Waals surface area contributed by atoms with E-state index in [0.29, 0.717) is 12.0 Å². The Hall–Kier alpha value is -1.00. The van der Waals surface area contributed by atoms with Crippen LogP contribution in [-0.2, 0) is 5.75 Å². The first-order valence-corrected chi connectivity index (χ1v) is 7.96. The molecule has 0 aliphatic heterocycles. The van der Waals surface area contributed by atoms with Crippen molar-refractivity contribution in [3.05, 3.63) is 35.4 Å². The second kappa shape index (κ2) is 7.56. The maximum Gasteiger partial charge on any atom is 0.251 e. The van der Waals surface area contributed by atoms with E-state index in [9.17, 15) is 9.90 Å². The van der Waals surface area contributed by atoms with Crippen molar-refractivity contribution >= 4 is 17.7 Å². The average Bonchev–Trinajstić information content (AvgIpc) is 2.37. The highest BCUT2D eigenvalue weighted by atomic mass is 32.2. The minimum absolute atomic E-state index is 0.132. The van der Waals surface area contributed by atoms with Crippen LogP contribution in [0.4, 0.5) is 0 Å². The van der Waals surface area contributed by atoms with Gasteiger partial charge in [-0.3, -0.25) is 4.79 Å². The molecule has 1 rings (SSSR count). The molecule has 19 heavy (non-hydrogen) atoms. The highest BCUT2D eigenvalue weighted by Crippen LogP contribution is 2.12. The molecule has 0 saturated carbocycles. The van der Waals surface area contributed by atoms with Gasteiger partial charge in [-0.15, -0.1) is 0 Å². The molecule has 3 nitrogen and oxygen atoms in total. The van der Waals surface area contributed by atoms with E-state index in [1.165, 1.54) is 5.56 Å². The molecule has 0 spiro atoms. The fourth-order valence-corrected chi connectivity index (χ4v) is 2.44. The number of rotatable bonds is 7. The number of nitrogens with one attached hydrogen (secondary N) is 1. The number of hydrogen-bond donors (Lipinski definition) is 2. The van der Waals surface area contributed by atoms with Gasteiger partial charge < -0.3 is 10.4 Å². The van der Waals surface area contributed by atoms with Crippen LogP contribution in [0.1, 0.15) is 42.6 Å². The van der Waals surface area contributed by atoms with Crippen LogP contribution in [0.2, 0.25) is 0 Å². The third-order valence-corrected chi connectivity index (χ3v) is 3.57. The van der Waals surface area contributed by atoms with E-state index in [4.69, 9.17) is 0 Å². The van der Waals surface area contributed by atoms with Gasteiger partial charge in [0.15, 0.2) is 0 Å². The number of thioether (sulfide) groups is 1. The molecule has 0 aromatic heterocycles. The van der Waals surface area contributed by atoms with Crippen LogP contribution in [0.25, 0.3) is 0 Å². The smallest absolute Gasteiger partial charge is 0.251 e.